The molecule has 5 rings (SSSR count). The van der Waals surface area contributed by atoms with Crippen molar-refractivity contribution < 1.29 is 28.4 Å². The van der Waals surface area contributed by atoms with Crippen molar-refractivity contribution in [2.75, 3.05) is 30.8 Å². The molecule has 3 heterocycles. The molecule has 0 aromatic heterocycles. The smallest absolute Gasteiger partial charge is 0.264 e. The average Bonchev–Trinajstić information content (AvgIpc) is 3.58. The molecule has 2 aromatic carbocycles. The number of anilines is 1. The second-order valence-electron chi connectivity index (χ2n) is 13.3. The maximum absolute atomic E-state index is 13.6. The molecule has 50 heavy (non-hydrogen) atoms. The van der Waals surface area contributed by atoms with Gasteiger partial charge in [-0.15, -0.1) is 0 Å². The van der Waals surface area contributed by atoms with Crippen LogP contribution in [0.1, 0.15) is 110 Å². The predicted molar refractivity (Wildman–Crippen MR) is 192 cm³/mol. The van der Waals surface area contributed by atoms with E-state index in [0.717, 1.165) is 80.7 Å². The third kappa shape index (κ3) is 8.91. The number of carbonyl (C=O) groups excluding carboxylic acids is 5. The van der Waals surface area contributed by atoms with Crippen molar-refractivity contribution in [2.24, 2.45) is 11.7 Å². The summed E-state index contributed by atoms with van der Waals surface area (Å²) in [5.41, 5.74) is 8.07. The molecular formula is C37H49FN6O5S. The molecule has 0 bridgehead atoms. The molecule has 4 unspecified atom stereocenters. The second-order valence-corrected chi connectivity index (χ2v) is 14.4. The Morgan fingerprint density at radius 1 is 0.960 bits per heavy atom. The molecule has 3 aliphatic heterocycles. The number of halogens is 1. The highest BCUT2D eigenvalue weighted by Gasteiger charge is 2.46. The Morgan fingerprint density at radius 3 is 2.34 bits per heavy atom. The third-order valence-corrected chi connectivity index (χ3v) is 11.1. The van der Waals surface area contributed by atoms with Gasteiger partial charge in [-0.1, -0.05) is 82.0 Å². The summed E-state index contributed by atoms with van der Waals surface area (Å²) in [7, 11) is 0. The van der Waals surface area contributed by atoms with Crippen LogP contribution in [0.5, 0.6) is 0 Å². The van der Waals surface area contributed by atoms with Gasteiger partial charge in [0, 0.05) is 37.2 Å². The molecule has 2 aromatic rings. The summed E-state index contributed by atoms with van der Waals surface area (Å²) in [5.74, 6) is -2.22. The molecule has 0 aliphatic carbocycles. The van der Waals surface area contributed by atoms with Gasteiger partial charge >= 0.3 is 0 Å². The summed E-state index contributed by atoms with van der Waals surface area (Å²) in [6, 6.07) is 10.6. The molecule has 2 fully saturated rings. The molecule has 5 N–H and O–H groups in total. The number of nitrogens with one attached hydrogen (secondary N) is 3. The maximum Gasteiger partial charge on any atom is 0.264 e. The van der Waals surface area contributed by atoms with Gasteiger partial charge in [-0.3, -0.25) is 34.2 Å². The van der Waals surface area contributed by atoms with E-state index >= 15 is 0 Å². The van der Waals surface area contributed by atoms with Crippen LogP contribution in [-0.2, 0) is 14.4 Å². The first kappa shape index (κ1) is 37.4. The number of piperidine rings is 1. The SMILES string of the molecule is CCNCSN1CC(c2ccc(F)cc2)C(C(N)=O)C1CCCCCCCCCCNc1cccc2c1C(=O)N(C1CCC(=O)NC1=O)C2=O. The highest BCUT2D eigenvalue weighted by atomic mass is 32.2. The van der Waals surface area contributed by atoms with Gasteiger partial charge in [0.1, 0.15) is 11.9 Å². The van der Waals surface area contributed by atoms with Crippen molar-refractivity contribution in [3.8, 4) is 0 Å². The number of benzene rings is 2. The van der Waals surface area contributed by atoms with E-state index in [2.05, 4.69) is 27.2 Å². The number of nitrogens with zero attached hydrogens (tertiary/aromatic N) is 2. The zero-order chi connectivity index (χ0) is 35.6. The lowest BCUT2D eigenvalue weighted by Gasteiger charge is -2.27. The fraction of sp³-hybridized carbons (Fsp3) is 0.541. The minimum atomic E-state index is -0.982. The molecule has 0 saturated carbocycles. The number of hydrogen-bond acceptors (Lipinski definition) is 9. The summed E-state index contributed by atoms with van der Waals surface area (Å²) >= 11 is 1.71. The zero-order valence-corrected chi connectivity index (χ0v) is 29.6. The van der Waals surface area contributed by atoms with Crippen molar-refractivity contribution in [1.82, 2.24) is 19.8 Å². The first-order valence-corrected chi connectivity index (χ1v) is 18.9. The van der Waals surface area contributed by atoms with Crippen LogP contribution < -0.4 is 21.7 Å². The Balaban J connectivity index is 1.01. The number of unbranched alkanes of at least 4 members (excludes halogenated alkanes) is 7. The first-order chi connectivity index (χ1) is 24.2. The summed E-state index contributed by atoms with van der Waals surface area (Å²) < 4.78 is 15.9. The van der Waals surface area contributed by atoms with E-state index in [-0.39, 0.29) is 53.6 Å². The summed E-state index contributed by atoms with van der Waals surface area (Å²) in [5, 5.41) is 8.89. The molecular weight excluding hydrogens is 660 g/mol. The van der Waals surface area contributed by atoms with Gasteiger partial charge in [0.25, 0.3) is 11.8 Å². The number of rotatable bonds is 19. The highest BCUT2D eigenvalue weighted by molar-refractivity contribution is 7.97. The van der Waals surface area contributed by atoms with Crippen LogP contribution in [0.4, 0.5) is 10.1 Å². The van der Waals surface area contributed by atoms with Gasteiger partial charge in [0.2, 0.25) is 17.7 Å². The highest BCUT2D eigenvalue weighted by Crippen LogP contribution is 2.42. The Labute approximate surface area is 297 Å². The standard InChI is InChI=1S/C37H49FN6O5S/c1-2-40-23-50-43-22-27(24-15-17-25(38)18-16-24)33(34(39)46)29(43)14-9-7-5-3-4-6-8-10-21-41-28-13-11-12-26-32(28)37(49)44(36(26)48)30-19-20-31(45)42-35(30)47/h11-13,15-18,27,29-30,33,40-41H,2-10,14,19-23H2,1H3,(H2,39,46)(H,42,45,47). The van der Waals surface area contributed by atoms with E-state index in [4.69, 9.17) is 5.73 Å². The quantitative estimate of drug-likeness (QED) is 0.0689. The normalized spacial score (nSPS) is 22.2. The van der Waals surface area contributed by atoms with E-state index < -0.39 is 29.7 Å². The number of primary amides is 1. The lowest BCUT2D eigenvalue weighted by Crippen LogP contribution is -2.54. The number of carbonyl (C=O) groups is 5. The monoisotopic (exact) mass is 708 g/mol. The van der Waals surface area contributed by atoms with Crippen molar-refractivity contribution in [3.63, 3.8) is 0 Å². The van der Waals surface area contributed by atoms with E-state index in [1.54, 1.807) is 42.3 Å². The van der Waals surface area contributed by atoms with E-state index in [0.29, 0.717) is 18.8 Å². The van der Waals surface area contributed by atoms with Crippen LogP contribution in [0.2, 0.25) is 0 Å². The van der Waals surface area contributed by atoms with E-state index in [9.17, 15) is 28.4 Å². The topological polar surface area (TPSA) is 154 Å². The molecule has 11 nitrogen and oxygen atoms in total. The molecule has 4 atom stereocenters. The van der Waals surface area contributed by atoms with Crippen LogP contribution in [0.25, 0.3) is 0 Å². The Bertz CT molecular complexity index is 1540. The van der Waals surface area contributed by atoms with Gasteiger partial charge < -0.3 is 16.4 Å². The van der Waals surface area contributed by atoms with Crippen molar-refractivity contribution in [2.45, 2.75) is 95.6 Å². The van der Waals surface area contributed by atoms with Gasteiger partial charge in [-0.05, 0) is 55.6 Å². The number of amides is 5. The Kier molecular flexibility index (Phi) is 13.4. The fourth-order valence-electron chi connectivity index (χ4n) is 7.43. The molecule has 0 radical (unpaired) electrons. The average molecular weight is 709 g/mol. The van der Waals surface area contributed by atoms with Crippen LogP contribution in [0, 0.1) is 11.7 Å². The largest absolute Gasteiger partial charge is 0.384 e. The van der Waals surface area contributed by atoms with Gasteiger partial charge in [-0.25, -0.2) is 8.70 Å². The molecule has 270 valence electrons. The zero-order valence-electron chi connectivity index (χ0n) is 28.8. The number of nitrogens with two attached hydrogens (primary N) is 1. The van der Waals surface area contributed by atoms with E-state index in [1.807, 2.05) is 0 Å². The minimum Gasteiger partial charge on any atom is -0.384 e. The predicted octanol–water partition coefficient (Wildman–Crippen LogP) is 4.93. The molecule has 2 saturated heterocycles. The Morgan fingerprint density at radius 2 is 1.66 bits per heavy atom. The van der Waals surface area contributed by atoms with Crippen LogP contribution in [0.3, 0.4) is 0 Å². The van der Waals surface area contributed by atoms with Crippen molar-refractivity contribution in [3.05, 3.63) is 65.0 Å². The molecule has 3 aliphatic rings. The van der Waals surface area contributed by atoms with Crippen LogP contribution in [-0.4, -0.2) is 76.3 Å². The maximum atomic E-state index is 13.6. The first-order valence-electron chi connectivity index (χ1n) is 17.9. The van der Waals surface area contributed by atoms with Crippen LogP contribution >= 0.6 is 11.9 Å². The van der Waals surface area contributed by atoms with Crippen LogP contribution in [0.15, 0.2) is 42.5 Å². The summed E-state index contributed by atoms with van der Waals surface area (Å²) in [4.78, 5) is 64.0. The lowest BCUT2D eigenvalue weighted by atomic mass is 9.83. The lowest BCUT2D eigenvalue weighted by molar-refractivity contribution is -0.136. The number of imide groups is 2. The summed E-state index contributed by atoms with van der Waals surface area (Å²) in [6.45, 7) is 4.29. The molecule has 13 heteroatoms. The van der Waals surface area contributed by atoms with Gasteiger partial charge in [0.15, 0.2) is 0 Å². The van der Waals surface area contributed by atoms with Gasteiger partial charge in [-0.2, -0.15) is 0 Å². The minimum absolute atomic E-state index is 0.0403. The van der Waals surface area contributed by atoms with E-state index in [1.165, 1.54) is 12.1 Å². The second kappa shape index (κ2) is 17.9. The van der Waals surface area contributed by atoms with Crippen molar-refractivity contribution in [1.29, 1.82) is 0 Å². The summed E-state index contributed by atoms with van der Waals surface area (Å²) in [6.07, 6.45) is 9.60. The molecule has 5 amide bonds. The third-order valence-electron chi connectivity index (χ3n) is 10.0. The number of fused-ring (bicyclic) bond motifs is 1. The number of hydrogen-bond donors (Lipinski definition) is 4. The fourth-order valence-corrected chi connectivity index (χ4v) is 8.58. The van der Waals surface area contributed by atoms with Crippen molar-refractivity contribution >= 4 is 47.2 Å². The molecule has 0 spiro atoms. The van der Waals surface area contributed by atoms with Gasteiger partial charge in [0.05, 0.1) is 22.9 Å². The Hall–Kier alpha value is -3.81.